The molecule has 4 heteroatoms. The molecule has 34 heavy (non-hydrogen) atoms. The molecule has 0 amide bonds. The van der Waals surface area contributed by atoms with Gasteiger partial charge in [-0.25, -0.2) is 4.79 Å². The summed E-state index contributed by atoms with van der Waals surface area (Å²) >= 11 is 0. The van der Waals surface area contributed by atoms with Gasteiger partial charge in [0.05, 0.1) is 26.2 Å². The molecule has 1 atom stereocenters. The van der Waals surface area contributed by atoms with Crippen LogP contribution in [0.5, 0.6) is 11.5 Å². The monoisotopic (exact) mass is 452 g/mol. The summed E-state index contributed by atoms with van der Waals surface area (Å²) in [6, 6.07) is 16.9. The fourth-order valence-corrected chi connectivity index (χ4v) is 5.58. The first-order valence-electron chi connectivity index (χ1n) is 11.5. The molecule has 172 valence electrons. The van der Waals surface area contributed by atoms with E-state index in [0.717, 1.165) is 27.8 Å². The zero-order valence-corrected chi connectivity index (χ0v) is 20.2. The molecular weight excluding hydrogens is 424 g/mol. The van der Waals surface area contributed by atoms with Gasteiger partial charge in [0.25, 0.3) is 0 Å². The zero-order valence-electron chi connectivity index (χ0n) is 20.2. The summed E-state index contributed by atoms with van der Waals surface area (Å²) < 4.78 is 16.6. The zero-order chi connectivity index (χ0) is 24.0. The molecule has 0 fully saturated rings. The smallest absolute Gasteiger partial charge is 0.331 e. The molecule has 0 saturated heterocycles. The van der Waals surface area contributed by atoms with Gasteiger partial charge in [0.15, 0.2) is 11.5 Å². The van der Waals surface area contributed by atoms with Crippen molar-refractivity contribution in [2.24, 2.45) is 0 Å². The quantitative estimate of drug-likeness (QED) is 0.352. The summed E-state index contributed by atoms with van der Waals surface area (Å²) in [5.74, 6) is 1.07. The Balaban J connectivity index is 1.88. The maximum Gasteiger partial charge on any atom is 0.331 e. The second kappa shape index (κ2) is 8.21. The molecule has 4 nitrogen and oxygen atoms in total. The fourth-order valence-electron chi connectivity index (χ4n) is 5.58. The predicted molar refractivity (Wildman–Crippen MR) is 135 cm³/mol. The average Bonchev–Trinajstić information content (AvgIpc) is 3.13. The molecule has 0 radical (unpaired) electrons. The van der Waals surface area contributed by atoms with Gasteiger partial charge in [-0.3, -0.25) is 0 Å². The fraction of sp³-hybridized carbons (Fsp3) is 0.233. The Kier molecular flexibility index (Phi) is 5.32. The summed E-state index contributed by atoms with van der Waals surface area (Å²) in [5.41, 5.74) is 9.70. The van der Waals surface area contributed by atoms with Gasteiger partial charge in [-0.2, -0.15) is 0 Å². The Hall–Kier alpha value is -3.79. The Bertz CT molecular complexity index is 1380. The van der Waals surface area contributed by atoms with Crippen LogP contribution in [0.3, 0.4) is 0 Å². The van der Waals surface area contributed by atoms with Gasteiger partial charge in [-0.15, -0.1) is 0 Å². The van der Waals surface area contributed by atoms with Crippen LogP contribution >= 0.6 is 0 Å². The highest BCUT2D eigenvalue weighted by Crippen LogP contribution is 2.59. The molecule has 0 saturated carbocycles. The lowest BCUT2D eigenvalue weighted by Gasteiger charge is -2.36. The van der Waals surface area contributed by atoms with Gasteiger partial charge in [0.1, 0.15) is 0 Å². The lowest BCUT2D eigenvalue weighted by Crippen LogP contribution is -2.29. The van der Waals surface area contributed by atoms with Gasteiger partial charge in [0.2, 0.25) is 0 Å². The maximum atomic E-state index is 12.3. The molecule has 2 aliphatic carbocycles. The van der Waals surface area contributed by atoms with Gasteiger partial charge in [-0.1, -0.05) is 48.6 Å². The topological polar surface area (TPSA) is 44.8 Å². The normalized spacial score (nSPS) is 18.4. The molecule has 0 aliphatic heterocycles. The summed E-state index contributed by atoms with van der Waals surface area (Å²) in [6.07, 6.45) is 5.86. The number of ether oxygens (including phenoxy) is 3. The van der Waals surface area contributed by atoms with Crippen LogP contribution in [0.25, 0.3) is 16.7 Å². The third-order valence-corrected chi connectivity index (χ3v) is 6.97. The van der Waals surface area contributed by atoms with Crippen molar-refractivity contribution in [1.29, 1.82) is 0 Å². The van der Waals surface area contributed by atoms with Gasteiger partial charge in [-0.05, 0) is 83.0 Å². The lowest BCUT2D eigenvalue weighted by molar-refractivity contribution is -0.137. The van der Waals surface area contributed by atoms with Crippen molar-refractivity contribution >= 4 is 11.5 Å². The van der Waals surface area contributed by atoms with Crippen LogP contribution in [0.1, 0.15) is 40.3 Å². The van der Waals surface area contributed by atoms with E-state index >= 15 is 0 Å². The number of hydrogen-bond acceptors (Lipinski definition) is 4. The van der Waals surface area contributed by atoms with Crippen LogP contribution in [-0.2, 0) is 14.9 Å². The molecule has 3 aromatic rings. The third-order valence-electron chi connectivity index (χ3n) is 6.97. The minimum absolute atomic E-state index is 0.335. The van der Waals surface area contributed by atoms with E-state index in [1.807, 2.05) is 13.0 Å². The van der Waals surface area contributed by atoms with Crippen molar-refractivity contribution in [2.45, 2.75) is 26.2 Å². The Morgan fingerprint density at radius 1 is 0.912 bits per heavy atom. The first-order valence-corrected chi connectivity index (χ1v) is 11.5. The molecule has 2 aliphatic rings. The van der Waals surface area contributed by atoms with Crippen molar-refractivity contribution in [3.63, 3.8) is 0 Å². The highest BCUT2D eigenvalue weighted by atomic mass is 16.5. The summed E-state index contributed by atoms with van der Waals surface area (Å²) in [4.78, 5) is 12.3. The molecule has 0 unspecified atom stereocenters. The first kappa shape index (κ1) is 22.0. The largest absolute Gasteiger partial charge is 0.493 e. The highest BCUT2D eigenvalue weighted by molar-refractivity contribution is 5.98. The summed E-state index contributed by atoms with van der Waals surface area (Å²) in [6.45, 7) is 6.48. The highest BCUT2D eigenvalue weighted by Gasteiger charge is 2.47. The van der Waals surface area contributed by atoms with Crippen LogP contribution in [0.4, 0.5) is 0 Å². The van der Waals surface area contributed by atoms with Crippen molar-refractivity contribution in [1.82, 2.24) is 0 Å². The molecule has 5 rings (SSSR count). The number of rotatable bonds is 4. The van der Waals surface area contributed by atoms with Crippen LogP contribution in [0.15, 0.2) is 66.8 Å². The summed E-state index contributed by atoms with van der Waals surface area (Å²) in [7, 11) is 3.33. The van der Waals surface area contributed by atoms with E-state index in [4.69, 9.17) is 14.2 Å². The SMILES string of the molecule is CCOC(=O)/C=C1\C=C[C@@]2(c3ccccc31)c1cc(OC)c(OC)cc1-c1c(C)ccc(C)c12. The van der Waals surface area contributed by atoms with Crippen LogP contribution in [0, 0.1) is 13.8 Å². The third kappa shape index (κ3) is 3.02. The lowest BCUT2D eigenvalue weighted by atomic mass is 9.66. The van der Waals surface area contributed by atoms with Gasteiger partial charge >= 0.3 is 5.97 Å². The average molecular weight is 453 g/mol. The van der Waals surface area contributed by atoms with E-state index in [1.165, 1.54) is 22.3 Å². The number of carbonyl (C=O) groups excluding carboxylic acids is 1. The van der Waals surface area contributed by atoms with E-state index in [0.29, 0.717) is 18.1 Å². The summed E-state index contributed by atoms with van der Waals surface area (Å²) in [5, 5.41) is 0. The number of fused-ring (bicyclic) bond motifs is 7. The molecule has 1 spiro atoms. The van der Waals surface area contributed by atoms with Crippen molar-refractivity contribution < 1.29 is 19.0 Å². The minimum Gasteiger partial charge on any atom is -0.493 e. The second-order valence-electron chi connectivity index (χ2n) is 8.74. The van der Waals surface area contributed by atoms with E-state index in [9.17, 15) is 4.79 Å². The number of allylic oxidation sites excluding steroid dienone is 3. The van der Waals surface area contributed by atoms with Crippen molar-refractivity contribution in [3.05, 3.63) is 100 Å². The molecule has 0 heterocycles. The number of aryl methyl sites for hydroxylation is 2. The van der Waals surface area contributed by atoms with Gasteiger partial charge < -0.3 is 14.2 Å². The number of esters is 1. The minimum atomic E-state index is -0.511. The molecular formula is C30H28O4. The first-order chi connectivity index (χ1) is 16.5. The number of methoxy groups -OCH3 is 2. The second-order valence-corrected chi connectivity index (χ2v) is 8.74. The van der Waals surface area contributed by atoms with E-state index in [2.05, 4.69) is 68.5 Å². The Morgan fingerprint density at radius 3 is 2.35 bits per heavy atom. The molecule has 3 aromatic carbocycles. The van der Waals surface area contributed by atoms with Crippen molar-refractivity contribution in [3.8, 4) is 22.6 Å². The standard InChI is InChI=1S/C30H28O4/c1-6-34-27(31)15-20-13-14-30(23-10-8-7-9-21(20)23)24-17-26(33-5)25(32-4)16-22(24)28-18(2)11-12-19(3)29(28)30/h7-17H,6H2,1-5H3/b20-15+/t30-/m1/s1. The van der Waals surface area contributed by atoms with Crippen LogP contribution < -0.4 is 9.47 Å². The molecule has 0 N–H and O–H groups in total. The number of hydrogen-bond donors (Lipinski definition) is 0. The number of carbonyl (C=O) groups is 1. The number of benzene rings is 3. The van der Waals surface area contributed by atoms with E-state index in [1.54, 1.807) is 20.3 Å². The van der Waals surface area contributed by atoms with Gasteiger partial charge in [0, 0.05) is 6.08 Å². The Morgan fingerprint density at radius 2 is 1.62 bits per heavy atom. The van der Waals surface area contributed by atoms with E-state index in [-0.39, 0.29) is 5.97 Å². The van der Waals surface area contributed by atoms with Crippen LogP contribution in [0.2, 0.25) is 0 Å². The predicted octanol–water partition coefficient (Wildman–Crippen LogP) is 6.15. The van der Waals surface area contributed by atoms with Crippen molar-refractivity contribution in [2.75, 3.05) is 20.8 Å². The van der Waals surface area contributed by atoms with E-state index < -0.39 is 5.41 Å². The van der Waals surface area contributed by atoms with Crippen LogP contribution in [-0.4, -0.2) is 26.8 Å². The molecule has 0 aromatic heterocycles. The molecule has 0 bridgehead atoms. The maximum absolute atomic E-state index is 12.3. The Labute approximate surface area is 200 Å².